The summed E-state index contributed by atoms with van der Waals surface area (Å²) < 4.78 is 16.8. The van der Waals surface area contributed by atoms with E-state index in [-0.39, 0.29) is 37.5 Å². The number of ether oxygens (including phenoxy) is 3. The van der Waals surface area contributed by atoms with Crippen molar-refractivity contribution in [2.45, 2.75) is 239 Å². The summed E-state index contributed by atoms with van der Waals surface area (Å²) in [6.07, 6.45) is 76.1. The summed E-state index contributed by atoms with van der Waals surface area (Å²) in [5, 5.41) is 0. The van der Waals surface area contributed by atoms with Crippen molar-refractivity contribution in [3.63, 3.8) is 0 Å². The summed E-state index contributed by atoms with van der Waals surface area (Å²) >= 11 is 0. The lowest BCUT2D eigenvalue weighted by molar-refractivity contribution is -0.167. The van der Waals surface area contributed by atoms with E-state index in [4.69, 9.17) is 14.2 Å². The lowest BCUT2D eigenvalue weighted by Gasteiger charge is -2.18. The molecule has 0 radical (unpaired) electrons. The Labute approximate surface area is 418 Å². The van der Waals surface area contributed by atoms with Crippen LogP contribution in [0.3, 0.4) is 0 Å². The number of hydrogen-bond donors (Lipinski definition) is 0. The van der Waals surface area contributed by atoms with Gasteiger partial charge in [-0.05, 0) is 103 Å². The molecule has 1 unspecified atom stereocenters. The summed E-state index contributed by atoms with van der Waals surface area (Å²) in [5.41, 5.74) is 0. The fraction of sp³-hybridized carbons (Fsp3) is 0.629. The van der Waals surface area contributed by atoms with E-state index < -0.39 is 6.10 Å². The van der Waals surface area contributed by atoms with Gasteiger partial charge in [-0.1, -0.05) is 232 Å². The minimum Gasteiger partial charge on any atom is -0.462 e. The van der Waals surface area contributed by atoms with Crippen LogP contribution in [0.25, 0.3) is 0 Å². The van der Waals surface area contributed by atoms with Crippen molar-refractivity contribution in [2.24, 2.45) is 0 Å². The van der Waals surface area contributed by atoms with Crippen LogP contribution in [0.1, 0.15) is 233 Å². The maximum Gasteiger partial charge on any atom is 0.306 e. The van der Waals surface area contributed by atoms with E-state index in [1.165, 1.54) is 83.5 Å². The molecule has 0 aromatic rings. The second-order valence-electron chi connectivity index (χ2n) is 17.9. The van der Waals surface area contributed by atoms with Crippen LogP contribution < -0.4 is 0 Å². The molecule has 1 atom stereocenters. The Morgan fingerprint density at radius 3 is 1.09 bits per heavy atom. The molecular weight excluding hydrogens is 841 g/mol. The summed E-state index contributed by atoms with van der Waals surface area (Å²) in [6.45, 7) is 6.38. The zero-order chi connectivity index (χ0) is 49.3. The van der Waals surface area contributed by atoms with E-state index in [0.717, 1.165) is 103 Å². The molecule has 0 saturated heterocycles. The van der Waals surface area contributed by atoms with Crippen LogP contribution in [0.15, 0.2) is 122 Å². The highest BCUT2D eigenvalue weighted by molar-refractivity contribution is 5.71. The fourth-order valence-corrected chi connectivity index (χ4v) is 7.14. The van der Waals surface area contributed by atoms with Gasteiger partial charge in [0.1, 0.15) is 13.2 Å². The number of allylic oxidation sites excluding steroid dienone is 20. The zero-order valence-corrected chi connectivity index (χ0v) is 43.8. The lowest BCUT2D eigenvalue weighted by atomic mass is 10.1. The van der Waals surface area contributed by atoms with Gasteiger partial charge < -0.3 is 14.2 Å². The summed E-state index contributed by atoms with van der Waals surface area (Å²) in [4.78, 5) is 38.1. The Kier molecular flexibility index (Phi) is 52.0. The van der Waals surface area contributed by atoms with Crippen molar-refractivity contribution >= 4 is 17.9 Å². The average Bonchev–Trinajstić information content (AvgIpc) is 3.34. The first-order chi connectivity index (χ1) is 33.5. The van der Waals surface area contributed by atoms with Crippen LogP contribution in [0, 0.1) is 0 Å². The normalized spacial score (nSPS) is 13.0. The first kappa shape index (κ1) is 63.8. The van der Waals surface area contributed by atoms with E-state index in [1.807, 2.05) is 0 Å². The van der Waals surface area contributed by atoms with Crippen LogP contribution in [0.2, 0.25) is 0 Å². The molecule has 0 amide bonds. The Balaban J connectivity index is 4.55. The van der Waals surface area contributed by atoms with Crippen LogP contribution >= 0.6 is 0 Å². The predicted octanol–water partition coefficient (Wildman–Crippen LogP) is 18.5. The van der Waals surface area contributed by atoms with Crippen molar-refractivity contribution in [1.82, 2.24) is 0 Å². The second-order valence-corrected chi connectivity index (χ2v) is 17.9. The summed E-state index contributed by atoms with van der Waals surface area (Å²) in [5.74, 6) is -1.01. The van der Waals surface area contributed by atoms with E-state index in [1.54, 1.807) is 0 Å². The molecule has 6 heteroatoms. The molecule has 384 valence electrons. The minimum absolute atomic E-state index is 0.116. The number of carbonyl (C=O) groups is 3. The topological polar surface area (TPSA) is 78.9 Å². The van der Waals surface area contributed by atoms with Crippen molar-refractivity contribution in [1.29, 1.82) is 0 Å². The highest BCUT2D eigenvalue weighted by atomic mass is 16.6. The van der Waals surface area contributed by atoms with E-state index >= 15 is 0 Å². The monoisotopic (exact) mass is 941 g/mol. The van der Waals surface area contributed by atoms with Gasteiger partial charge >= 0.3 is 17.9 Å². The highest BCUT2D eigenvalue weighted by Crippen LogP contribution is 2.13. The molecule has 68 heavy (non-hydrogen) atoms. The van der Waals surface area contributed by atoms with Gasteiger partial charge in [-0.3, -0.25) is 14.4 Å². The SMILES string of the molecule is CC\C=C/C=C\C=C/CCCCCCCCCC(=O)OCC(COC(=O)CCCCCCC\C=C/C=C\C=C/CCCCCCC)OC(=O)CCC/C=C\C/C=C\C/C=C\C/C=C\CCCCC. The summed E-state index contributed by atoms with van der Waals surface area (Å²) in [6, 6.07) is 0. The number of carbonyl (C=O) groups excluding carboxylic acids is 3. The quantitative estimate of drug-likeness (QED) is 0.0199. The molecule has 0 spiro atoms. The second kappa shape index (κ2) is 55.4. The van der Waals surface area contributed by atoms with Crippen LogP contribution in [0.5, 0.6) is 0 Å². The third-order valence-electron chi connectivity index (χ3n) is 11.3. The Morgan fingerprint density at radius 1 is 0.324 bits per heavy atom. The number of rotatable bonds is 48. The van der Waals surface area contributed by atoms with E-state index in [2.05, 4.69) is 142 Å². The Hall–Kier alpha value is -4.19. The molecule has 0 saturated carbocycles. The largest absolute Gasteiger partial charge is 0.462 e. The third kappa shape index (κ3) is 52.8. The Morgan fingerprint density at radius 2 is 0.647 bits per heavy atom. The van der Waals surface area contributed by atoms with Gasteiger partial charge in [-0.15, -0.1) is 0 Å². The number of hydrogen-bond acceptors (Lipinski definition) is 6. The predicted molar refractivity (Wildman–Crippen MR) is 293 cm³/mol. The summed E-state index contributed by atoms with van der Waals surface area (Å²) in [7, 11) is 0. The van der Waals surface area contributed by atoms with Gasteiger partial charge in [-0.2, -0.15) is 0 Å². The number of esters is 3. The molecular formula is C62H100O6. The lowest BCUT2D eigenvalue weighted by Crippen LogP contribution is -2.30. The average molecular weight is 941 g/mol. The Bertz CT molecular complexity index is 1450. The van der Waals surface area contributed by atoms with Crippen molar-refractivity contribution in [3.05, 3.63) is 122 Å². The standard InChI is InChI=1S/C62H100O6/c1-4-7-10-13-16-19-22-25-28-30-32-34-37-40-43-46-49-52-55-61(64)67-58-59(57-66-60(63)54-51-48-45-42-39-36-33-27-24-21-18-15-12-9-6-3)68-62(65)56-53-50-47-44-41-38-35-31-29-26-23-20-17-14-11-8-5-2/h9,12,15,17-18,20-22,24-26,28-30,32,34-35,38,44,47,59H,4-8,10-11,13-14,16,19,23,27,31,33,36-37,39-43,45-46,48-58H2,1-3H3/b12-9-,18-15-,20-17-,24-21-,25-22-,29-26-,30-28-,34-32-,38-35-,47-44-. The van der Waals surface area contributed by atoms with Crippen molar-refractivity contribution < 1.29 is 28.6 Å². The van der Waals surface area contributed by atoms with Crippen LogP contribution in [0.4, 0.5) is 0 Å². The molecule has 0 aliphatic carbocycles. The smallest absolute Gasteiger partial charge is 0.306 e. The van der Waals surface area contributed by atoms with Crippen molar-refractivity contribution in [2.75, 3.05) is 13.2 Å². The molecule has 6 nitrogen and oxygen atoms in total. The van der Waals surface area contributed by atoms with Gasteiger partial charge in [-0.25, -0.2) is 0 Å². The molecule has 0 aliphatic rings. The number of unbranched alkanes of at least 4 members (excludes halogenated alkanes) is 21. The first-order valence-corrected chi connectivity index (χ1v) is 27.6. The van der Waals surface area contributed by atoms with Crippen molar-refractivity contribution in [3.8, 4) is 0 Å². The van der Waals surface area contributed by atoms with Gasteiger partial charge in [0.2, 0.25) is 0 Å². The molecule has 0 aliphatic heterocycles. The van der Waals surface area contributed by atoms with Gasteiger partial charge in [0.05, 0.1) is 0 Å². The zero-order valence-electron chi connectivity index (χ0n) is 43.8. The molecule has 0 rings (SSSR count). The molecule has 0 heterocycles. The fourth-order valence-electron chi connectivity index (χ4n) is 7.14. The maximum atomic E-state index is 12.8. The first-order valence-electron chi connectivity index (χ1n) is 27.6. The third-order valence-corrected chi connectivity index (χ3v) is 11.3. The van der Waals surface area contributed by atoms with Gasteiger partial charge in [0.15, 0.2) is 6.10 Å². The molecule has 0 aromatic heterocycles. The molecule has 0 N–H and O–H groups in total. The highest BCUT2D eigenvalue weighted by Gasteiger charge is 2.19. The molecule has 0 fully saturated rings. The molecule has 0 bridgehead atoms. The van der Waals surface area contributed by atoms with E-state index in [0.29, 0.717) is 19.3 Å². The van der Waals surface area contributed by atoms with Crippen LogP contribution in [-0.2, 0) is 28.6 Å². The molecule has 0 aromatic carbocycles. The van der Waals surface area contributed by atoms with Gasteiger partial charge in [0.25, 0.3) is 0 Å². The maximum absolute atomic E-state index is 12.8. The van der Waals surface area contributed by atoms with E-state index in [9.17, 15) is 14.4 Å². The van der Waals surface area contributed by atoms with Gasteiger partial charge in [0, 0.05) is 19.3 Å². The van der Waals surface area contributed by atoms with Crippen LogP contribution in [-0.4, -0.2) is 37.2 Å². The minimum atomic E-state index is -0.824.